The Morgan fingerprint density at radius 1 is 1.03 bits per heavy atom. The molecule has 1 unspecified atom stereocenters. The van der Waals surface area contributed by atoms with Gasteiger partial charge in [-0.05, 0) is 43.3 Å². The van der Waals surface area contributed by atoms with Crippen LogP contribution in [0.15, 0.2) is 48.5 Å². The normalized spacial score (nSPS) is 15.6. The predicted octanol–water partition coefficient (Wildman–Crippen LogP) is 3.08. The summed E-state index contributed by atoms with van der Waals surface area (Å²) in [5, 5.41) is 10.3. The maximum Gasteiger partial charge on any atom is 0.417 e. The lowest BCUT2D eigenvalue weighted by Gasteiger charge is -2.36. The van der Waals surface area contributed by atoms with Gasteiger partial charge in [-0.2, -0.15) is 13.2 Å². The molecule has 0 aliphatic carbocycles. The van der Waals surface area contributed by atoms with Gasteiger partial charge in [-0.25, -0.2) is 4.79 Å². The molecular weight excluding hydrogens is 453 g/mol. The first-order valence-corrected chi connectivity index (χ1v) is 10.9. The summed E-state index contributed by atoms with van der Waals surface area (Å²) in [6.45, 7) is 3.69. The lowest BCUT2D eigenvalue weighted by Crippen LogP contribution is -2.51. The second kappa shape index (κ2) is 11.3. The minimum absolute atomic E-state index is 0.0247. The first-order chi connectivity index (χ1) is 16.2. The van der Waals surface area contributed by atoms with E-state index in [9.17, 15) is 27.9 Å². The van der Waals surface area contributed by atoms with Gasteiger partial charge in [0, 0.05) is 32.7 Å². The molecule has 0 spiro atoms. The number of aliphatic hydroxyl groups excluding tert-OH is 1. The van der Waals surface area contributed by atoms with Gasteiger partial charge in [0.25, 0.3) is 5.91 Å². The quantitative estimate of drug-likeness (QED) is 0.585. The standard InChI is InChI=1S/C24H27F3N2O5/c1-2-33-23(32)17-7-9-19(10-8-17)34-16-18(30)15-28-11-13-29(14-12-28)22(31)20-5-3-4-6-21(20)24(25,26)27/h3-10,18,30H,2,11-16H2,1H3. The van der Waals surface area contributed by atoms with Gasteiger partial charge >= 0.3 is 12.1 Å². The number of carbonyl (C=O) groups excluding carboxylic acids is 2. The number of aliphatic hydroxyl groups is 1. The van der Waals surface area contributed by atoms with Crippen LogP contribution in [0, 0.1) is 0 Å². The number of hydrogen-bond acceptors (Lipinski definition) is 6. The Morgan fingerprint density at radius 3 is 2.29 bits per heavy atom. The highest BCUT2D eigenvalue weighted by molar-refractivity contribution is 5.96. The van der Waals surface area contributed by atoms with Crippen LogP contribution < -0.4 is 4.74 Å². The van der Waals surface area contributed by atoms with E-state index in [-0.39, 0.29) is 31.9 Å². The monoisotopic (exact) mass is 480 g/mol. The Hall–Kier alpha value is -3.11. The van der Waals surface area contributed by atoms with E-state index in [1.807, 2.05) is 4.90 Å². The number of rotatable bonds is 8. The van der Waals surface area contributed by atoms with Crippen molar-refractivity contribution >= 4 is 11.9 Å². The minimum Gasteiger partial charge on any atom is -0.491 e. The van der Waals surface area contributed by atoms with Crippen LogP contribution in [-0.4, -0.2) is 78.8 Å². The van der Waals surface area contributed by atoms with E-state index >= 15 is 0 Å². The van der Waals surface area contributed by atoms with E-state index in [2.05, 4.69) is 0 Å². The Bertz CT molecular complexity index is 973. The summed E-state index contributed by atoms with van der Waals surface area (Å²) >= 11 is 0. The molecule has 1 amide bonds. The van der Waals surface area contributed by atoms with Crippen molar-refractivity contribution in [3.8, 4) is 5.75 Å². The zero-order valence-corrected chi connectivity index (χ0v) is 18.8. The van der Waals surface area contributed by atoms with Crippen LogP contribution in [-0.2, 0) is 10.9 Å². The average Bonchev–Trinajstić information content (AvgIpc) is 2.83. The molecule has 184 valence electrons. The SMILES string of the molecule is CCOC(=O)c1ccc(OCC(O)CN2CCN(C(=O)c3ccccc3C(F)(F)F)CC2)cc1. The first kappa shape index (κ1) is 25.5. The number of nitrogens with zero attached hydrogens (tertiary/aromatic N) is 2. The molecule has 3 rings (SSSR count). The van der Waals surface area contributed by atoms with E-state index < -0.39 is 29.7 Å². The highest BCUT2D eigenvalue weighted by Gasteiger charge is 2.36. The number of halogens is 3. The summed E-state index contributed by atoms with van der Waals surface area (Å²) in [5.41, 5.74) is -0.892. The molecule has 1 N–H and O–H groups in total. The van der Waals surface area contributed by atoms with Crippen LogP contribution in [0.1, 0.15) is 33.2 Å². The van der Waals surface area contributed by atoms with Gasteiger partial charge in [0.1, 0.15) is 18.5 Å². The molecule has 1 saturated heterocycles. The van der Waals surface area contributed by atoms with Gasteiger partial charge in [-0.1, -0.05) is 12.1 Å². The van der Waals surface area contributed by atoms with E-state index in [4.69, 9.17) is 9.47 Å². The van der Waals surface area contributed by atoms with Gasteiger partial charge in [0.05, 0.1) is 23.3 Å². The van der Waals surface area contributed by atoms with Crippen molar-refractivity contribution in [2.24, 2.45) is 0 Å². The molecule has 34 heavy (non-hydrogen) atoms. The molecule has 1 aliphatic rings. The van der Waals surface area contributed by atoms with Crippen molar-refractivity contribution in [3.05, 3.63) is 65.2 Å². The molecule has 2 aromatic rings. The van der Waals surface area contributed by atoms with Crippen LogP contribution in [0.2, 0.25) is 0 Å². The molecular formula is C24H27F3N2O5. The Morgan fingerprint density at radius 2 is 1.68 bits per heavy atom. The fraction of sp³-hybridized carbons (Fsp3) is 0.417. The minimum atomic E-state index is -4.60. The zero-order chi connectivity index (χ0) is 24.7. The molecule has 10 heteroatoms. The van der Waals surface area contributed by atoms with Crippen LogP contribution >= 0.6 is 0 Å². The summed E-state index contributed by atoms with van der Waals surface area (Å²) in [6.07, 6.45) is -5.41. The fourth-order valence-electron chi connectivity index (χ4n) is 3.67. The predicted molar refractivity (Wildman–Crippen MR) is 118 cm³/mol. The molecule has 1 fully saturated rings. The number of amides is 1. The van der Waals surface area contributed by atoms with E-state index in [1.54, 1.807) is 31.2 Å². The van der Waals surface area contributed by atoms with Gasteiger partial charge < -0.3 is 19.5 Å². The van der Waals surface area contributed by atoms with Gasteiger partial charge in [0.15, 0.2) is 0 Å². The number of alkyl halides is 3. The number of ether oxygens (including phenoxy) is 2. The third-order valence-electron chi connectivity index (χ3n) is 5.40. The lowest BCUT2D eigenvalue weighted by molar-refractivity contribution is -0.138. The van der Waals surface area contributed by atoms with Crippen molar-refractivity contribution in [1.82, 2.24) is 9.80 Å². The van der Waals surface area contributed by atoms with Crippen molar-refractivity contribution in [1.29, 1.82) is 0 Å². The number of hydrogen-bond donors (Lipinski definition) is 1. The molecule has 0 bridgehead atoms. The molecule has 0 aromatic heterocycles. The molecule has 0 saturated carbocycles. The van der Waals surface area contributed by atoms with Crippen LogP contribution in [0.5, 0.6) is 5.75 Å². The lowest BCUT2D eigenvalue weighted by atomic mass is 10.1. The van der Waals surface area contributed by atoms with Crippen molar-refractivity contribution in [2.75, 3.05) is 45.9 Å². The van der Waals surface area contributed by atoms with Crippen LogP contribution in [0.4, 0.5) is 13.2 Å². The smallest absolute Gasteiger partial charge is 0.417 e. The second-order valence-corrected chi connectivity index (χ2v) is 7.85. The van der Waals surface area contributed by atoms with Gasteiger partial charge in [-0.3, -0.25) is 9.69 Å². The van der Waals surface area contributed by atoms with E-state index in [0.717, 1.165) is 6.07 Å². The summed E-state index contributed by atoms with van der Waals surface area (Å²) in [4.78, 5) is 27.7. The molecule has 1 atom stereocenters. The van der Waals surface area contributed by atoms with Crippen LogP contribution in [0.3, 0.4) is 0 Å². The highest BCUT2D eigenvalue weighted by Crippen LogP contribution is 2.32. The maximum atomic E-state index is 13.2. The number of carbonyl (C=O) groups is 2. The molecule has 7 nitrogen and oxygen atoms in total. The van der Waals surface area contributed by atoms with Gasteiger partial charge in [-0.15, -0.1) is 0 Å². The molecule has 1 aliphatic heterocycles. The second-order valence-electron chi connectivity index (χ2n) is 7.85. The third-order valence-corrected chi connectivity index (χ3v) is 5.40. The summed E-state index contributed by atoms with van der Waals surface area (Å²) in [7, 11) is 0. The van der Waals surface area contributed by atoms with Crippen molar-refractivity contribution in [3.63, 3.8) is 0 Å². The number of esters is 1. The van der Waals surface area contributed by atoms with E-state index in [0.29, 0.717) is 30.9 Å². The first-order valence-electron chi connectivity index (χ1n) is 10.9. The Labute approximate surface area is 195 Å². The van der Waals surface area contributed by atoms with Gasteiger partial charge in [0.2, 0.25) is 0 Å². The number of piperazine rings is 1. The summed E-state index contributed by atoms with van der Waals surface area (Å²) in [5.74, 6) is -0.581. The third kappa shape index (κ3) is 6.71. The summed E-state index contributed by atoms with van der Waals surface area (Å²) in [6, 6.07) is 11.2. The van der Waals surface area contributed by atoms with Crippen molar-refractivity contribution < 1.29 is 37.3 Å². The number of β-amino-alcohol motifs (C(OH)–C–C–N with tert-alkyl or cyclic N) is 1. The Balaban J connectivity index is 1.45. The average molecular weight is 480 g/mol. The van der Waals surface area contributed by atoms with Crippen molar-refractivity contribution in [2.45, 2.75) is 19.2 Å². The molecule has 2 aromatic carbocycles. The fourth-order valence-corrected chi connectivity index (χ4v) is 3.67. The Kier molecular flexibility index (Phi) is 8.51. The number of benzene rings is 2. The molecule has 0 radical (unpaired) electrons. The largest absolute Gasteiger partial charge is 0.491 e. The maximum absolute atomic E-state index is 13.2. The topological polar surface area (TPSA) is 79.3 Å². The van der Waals surface area contributed by atoms with Crippen LogP contribution in [0.25, 0.3) is 0 Å². The van der Waals surface area contributed by atoms with E-state index in [1.165, 1.54) is 23.1 Å². The zero-order valence-electron chi connectivity index (χ0n) is 18.8. The highest BCUT2D eigenvalue weighted by atomic mass is 19.4. The summed E-state index contributed by atoms with van der Waals surface area (Å²) < 4.78 is 50.2. The molecule has 1 heterocycles.